The molecule has 0 saturated heterocycles. The molecular weight excluding hydrogens is 214 g/mol. The van der Waals surface area contributed by atoms with Crippen molar-refractivity contribution in [3.63, 3.8) is 0 Å². The maximum absolute atomic E-state index is 8.92. The zero-order valence-corrected chi connectivity index (χ0v) is 9.70. The first-order valence-electron chi connectivity index (χ1n) is 4.99. The van der Waals surface area contributed by atoms with Gasteiger partial charge in [0.1, 0.15) is 5.82 Å². The van der Waals surface area contributed by atoms with Crippen LogP contribution < -0.4 is 5.32 Å². The first-order chi connectivity index (χ1) is 7.13. The smallest absolute Gasteiger partial charge is 0.224 e. The van der Waals surface area contributed by atoms with E-state index in [1.54, 1.807) is 12.3 Å². The number of aromatic nitrogens is 2. The fourth-order valence-electron chi connectivity index (χ4n) is 1.32. The second-order valence-electron chi connectivity index (χ2n) is 3.72. The molecule has 0 fully saturated rings. The molecule has 4 nitrogen and oxygen atoms in total. The molecule has 1 aromatic heterocycles. The van der Waals surface area contributed by atoms with Gasteiger partial charge in [-0.2, -0.15) is 0 Å². The topological polar surface area (TPSA) is 58.0 Å². The normalized spacial score (nSPS) is 12.9. The van der Waals surface area contributed by atoms with Gasteiger partial charge >= 0.3 is 0 Å². The van der Waals surface area contributed by atoms with Crippen LogP contribution >= 0.6 is 11.6 Å². The van der Waals surface area contributed by atoms with Crippen LogP contribution in [0.15, 0.2) is 12.3 Å². The first kappa shape index (κ1) is 12.2. The molecule has 5 heteroatoms. The van der Waals surface area contributed by atoms with E-state index < -0.39 is 0 Å². The van der Waals surface area contributed by atoms with E-state index in [0.29, 0.717) is 18.2 Å². The van der Waals surface area contributed by atoms with E-state index in [2.05, 4.69) is 29.1 Å². The van der Waals surface area contributed by atoms with Crippen molar-refractivity contribution in [1.82, 2.24) is 9.97 Å². The van der Waals surface area contributed by atoms with Crippen LogP contribution in [0.3, 0.4) is 0 Å². The van der Waals surface area contributed by atoms with E-state index in [1.807, 2.05) is 0 Å². The van der Waals surface area contributed by atoms with E-state index in [0.717, 1.165) is 0 Å². The quantitative estimate of drug-likeness (QED) is 0.758. The second kappa shape index (κ2) is 5.88. The van der Waals surface area contributed by atoms with Gasteiger partial charge < -0.3 is 10.4 Å². The predicted octanol–water partition coefficient (Wildman–Crippen LogP) is 1.95. The minimum Gasteiger partial charge on any atom is -0.396 e. The van der Waals surface area contributed by atoms with Crippen LogP contribution in [-0.4, -0.2) is 27.7 Å². The average Bonchev–Trinajstić information content (AvgIpc) is 2.17. The standard InChI is InChI=1S/C10H16ClN3O/c1-7(2)8(4-6-15)13-9-3-5-12-10(11)14-9/h3,5,7-8,15H,4,6H2,1-2H3,(H,12,13,14). The summed E-state index contributed by atoms with van der Waals surface area (Å²) < 4.78 is 0. The van der Waals surface area contributed by atoms with Crippen molar-refractivity contribution >= 4 is 17.4 Å². The molecule has 0 aromatic carbocycles. The van der Waals surface area contributed by atoms with Gasteiger partial charge in [0.15, 0.2) is 0 Å². The highest BCUT2D eigenvalue weighted by Crippen LogP contribution is 2.13. The molecule has 0 spiro atoms. The molecule has 1 unspecified atom stereocenters. The van der Waals surface area contributed by atoms with Gasteiger partial charge in [0.2, 0.25) is 5.28 Å². The number of aliphatic hydroxyl groups is 1. The van der Waals surface area contributed by atoms with Crippen LogP contribution in [0.5, 0.6) is 0 Å². The van der Waals surface area contributed by atoms with E-state index in [-0.39, 0.29) is 17.9 Å². The van der Waals surface area contributed by atoms with Gasteiger partial charge in [0, 0.05) is 18.8 Å². The molecule has 0 aliphatic carbocycles. The molecule has 1 atom stereocenters. The third-order valence-corrected chi connectivity index (χ3v) is 2.39. The monoisotopic (exact) mass is 229 g/mol. The Labute approximate surface area is 94.7 Å². The molecule has 1 heterocycles. The minimum atomic E-state index is 0.161. The summed E-state index contributed by atoms with van der Waals surface area (Å²) >= 11 is 5.67. The molecule has 1 rings (SSSR count). The molecule has 2 N–H and O–H groups in total. The number of nitrogens with zero attached hydrogens (tertiary/aromatic N) is 2. The molecule has 0 radical (unpaired) electrons. The molecule has 0 aliphatic heterocycles. The zero-order valence-electron chi connectivity index (χ0n) is 8.94. The summed E-state index contributed by atoms with van der Waals surface area (Å²) in [5.74, 6) is 1.12. The van der Waals surface area contributed by atoms with Crippen LogP contribution in [0.1, 0.15) is 20.3 Å². The summed E-state index contributed by atoms with van der Waals surface area (Å²) in [7, 11) is 0. The van der Waals surface area contributed by atoms with Crippen molar-refractivity contribution in [2.45, 2.75) is 26.3 Å². The van der Waals surface area contributed by atoms with Gasteiger partial charge in [-0.15, -0.1) is 0 Å². The molecule has 0 amide bonds. The van der Waals surface area contributed by atoms with Gasteiger partial charge in [-0.05, 0) is 30.0 Å². The summed E-state index contributed by atoms with van der Waals surface area (Å²) in [6.45, 7) is 4.35. The highest BCUT2D eigenvalue weighted by Gasteiger charge is 2.12. The third-order valence-electron chi connectivity index (χ3n) is 2.20. The number of hydrogen-bond donors (Lipinski definition) is 2. The van der Waals surface area contributed by atoms with E-state index in [4.69, 9.17) is 16.7 Å². The lowest BCUT2D eigenvalue weighted by Gasteiger charge is -2.21. The second-order valence-corrected chi connectivity index (χ2v) is 4.06. The van der Waals surface area contributed by atoms with Crippen molar-refractivity contribution < 1.29 is 5.11 Å². The van der Waals surface area contributed by atoms with Crippen molar-refractivity contribution in [3.8, 4) is 0 Å². The number of nitrogens with one attached hydrogen (secondary N) is 1. The van der Waals surface area contributed by atoms with Gasteiger partial charge in [0.05, 0.1) is 0 Å². The summed E-state index contributed by atoms with van der Waals surface area (Å²) in [5.41, 5.74) is 0. The maximum Gasteiger partial charge on any atom is 0.224 e. The number of aliphatic hydroxyl groups excluding tert-OH is 1. The Morgan fingerprint density at radius 3 is 2.80 bits per heavy atom. The molecular formula is C10H16ClN3O. The van der Waals surface area contributed by atoms with Crippen LogP contribution in [-0.2, 0) is 0 Å². The van der Waals surface area contributed by atoms with Crippen LogP contribution in [0.2, 0.25) is 5.28 Å². The summed E-state index contributed by atoms with van der Waals surface area (Å²) in [6, 6.07) is 1.96. The highest BCUT2D eigenvalue weighted by atomic mass is 35.5. The number of anilines is 1. The van der Waals surface area contributed by atoms with Crippen molar-refractivity contribution in [3.05, 3.63) is 17.5 Å². The summed E-state index contributed by atoms with van der Waals surface area (Å²) in [5, 5.41) is 12.4. The third kappa shape index (κ3) is 4.01. The number of rotatable bonds is 5. The zero-order chi connectivity index (χ0) is 11.3. The molecule has 0 aliphatic rings. The van der Waals surface area contributed by atoms with Crippen LogP contribution in [0, 0.1) is 5.92 Å². The summed E-state index contributed by atoms with van der Waals surface area (Å²) in [4.78, 5) is 7.84. The molecule has 15 heavy (non-hydrogen) atoms. The Hall–Kier alpha value is -0.870. The summed E-state index contributed by atoms with van der Waals surface area (Å²) in [6.07, 6.45) is 2.30. The largest absolute Gasteiger partial charge is 0.396 e. The van der Waals surface area contributed by atoms with Gasteiger partial charge in [-0.1, -0.05) is 13.8 Å². The van der Waals surface area contributed by atoms with Crippen LogP contribution in [0.25, 0.3) is 0 Å². The number of hydrogen-bond acceptors (Lipinski definition) is 4. The predicted molar refractivity (Wildman–Crippen MR) is 61.0 cm³/mol. The maximum atomic E-state index is 8.92. The fourth-order valence-corrected chi connectivity index (χ4v) is 1.46. The fraction of sp³-hybridized carbons (Fsp3) is 0.600. The molecule has 0 bridgehead atoms. The lowest BCUT2D eigenvalue weighted by Crippen LogP contribution is -2.27. The average molecular weight is 230 g/mol. The Kier molecular flexibility index (Phi) is 4.78. The Morgan fingerprint density at radius 2 is 2.27 bits per heavy atom. The van der Waals surface area contributed by atoms with E-state index in [9.17, 15) is 0 Å². The first-order valence-corrected chi connectivity index (χ1v) is 5.37. The lowest BCUT2D eigenvalue weighted by molar-refractivity contribution is 0.267. The van der Waals surface area contributed by atoms with E-state index in [1.165, 1.54) is 0 Å². The Bertz CT molecular complexity index is 306. The van der Waals surface area contributed by atoms with Gasteiger partial charge in [-0.25, -0.2) is 9.97 Å². The highest BCUT2D eigenvalue weighted by molar-refractivity contribution is 6.28. The lowest BCUT2D eigenvalue weighted by atomic mass is 10.0. The van der Waals surface area contributed by atoms with Crippen LogP contribution in [0.4, 0.5) is 5.82 Å². The molecule has 0 saturated carbocycles. The molecule has 84 valence electrons. The molecule has 1 aromatic rings. The van der Waals surface area contributed by atoms with E-state index >= 15 is 0 Å². The van der Waals surface area contributed by atoms with Crippen molar-refractivity contribution in [1.29, 1.82) is 0 Å². The number of halogens is 1. The van der Waals surface area contributed by atoms with Crippen molar-refractivity contribution in [2.24, 2.45) is 5.92 Å². The van der Waals surface area contributed by atoms with Gasteiger partial charge in [0.25, 0.3) is 0 Å². The van der Waals surface area contributed by atoms with Gasteiger partial charge in [-0.3, -0.25) is 0 Å². The minimum absolute atomic E-state index is 0.161. The SMILES string of the molecule is CC(C)C(CCO)Nc1ccnc(Cl)n1. The Balaban J connectivity index is 2.65. The van der Waals surface area contributed by atoms with Crippen molar-refractivity contribution in [2.75, 3.05) is 11.9 Å². The Morgan fingerprint density at radius 1 is 1.53 bits per heavy atom.